The molecule has 1 N–H and O–H groups in total. The molecular formula is C21H25FN2O4S. The van der Waals surface area contributed by atoms with Crippen LogP contribution in [0, 0.1) is 5.82 Å². The van der Waals surface area contributed by atoms with E-state index in [1.54, 1.807) is 36.4 Å². The fourth-order valence-corrected chi connectivity index (χ4v) is 4.80. The van der Waals surface area contributed by atoms with Gasteiger partial charge in [-0.1, -0.05) is 12.1 Å². The van der Waals surface area contributed by atoms with Crippen molar-refractivity contribution in [1.29, 1.82) is 0 Å². The Kier molecular flexibility index (Phi) is 6.87. The quantitative estimate of drug-likeness (QED) is 0.747. The molecule has 0 bridgehead atoms. The summed E-state index contributed by atoms with van der Waals surface area (Å²) in [4.78, 5) is 12.4. The maximum Gasteiger partial charge on any atom is 0.243 e. The third-order valence-corrected chi connectivity index (χ3v) is 6.78. The van der Waals surface area contributed by atoms with Crippen LogP contribution in [0.5, 0.6) is 5.75 Å². The monoisotopic (exact) mass is 420 g/mol. The molecule has 6 nitrogen and oxygen atoms in total. The molecule has 0 aliphatic carbocycles. The zero-order valence-corrected chi connectivity index (χ0v) is 17.1. The van der Waals surface area contributed by atoms with Gasteiger partial charge in [0.15, 0.2) is 0 Å². The van der Waals surface area contributed by atoms with Crippen LogP contribution < -0.4 is 10.1 Å². The lowest BCUT2D eigenvalue weighted by atomic mass is 10.1. The Morgan fingerprint density at radius 2 is 1.72 bits per heavy atom. The highest BCUT2D eigenvalue weighted by molar-refractivity contribution is 7.89. The molecule has 1 heterocycles. The van der Waals surface area contributed by atoms with Crippen molar-refractivity contribution in [3.63, 3.8) is 0 Å². The van der Waals surface area contributed by atoms with E-state index in [1.165, 1.54) is 16.4 Å². The lowest BCUT2D eigenvalue weighted by Gasteiger charge is -2.31. The zero-order chi connectivity index (χ0) is 20.9. The van der Waals surface area contributed by atoms with Gasteiger partial charge in [0.05, 0.1) is 17.9 Å². The predicted molar refractivity (Wildman–Crippen MR) is 108 cm³/mol. The molecule has 0 spiro atoms. The van der Waals surface area contributed by atoms with Crippen LogP contribution in [0.15, 0.2) is 53.4 Å². The van der Waals surface area contributed by atoms with Crippen LogP contribution >= 0.6 is 0 Å². The van der Waals surface area contributed by atoms with Gasteiger partial charge in [-0.3, -0.25) is 4.79 Å². The van der Waals surface area contributed by atoms with Crippen LogP contribution in [0.25, 0.3) is 0 Å². The molecule has 0 atom stereocenters. The summed E-state index contributed by atoms with van der Waals surface area (Å²) in [5, 5.41) is 2.94. The summed E-state index contributed by atoms with van der Waals surface area (Å²) in [5.41, 5.74) is 0.736. The average Bonchev–Trinajstić information content (AvgIpc) is 2.71. The standard InChI is InChI=1S/C21H25FN2O4S/c1-2-28-19-7-9-20(10-8-19)29(26,27)24-13-11-18(12-14-24)23-21(25)15-16-3-5-17(22)6-4-16/h3-10,18H,2,11-15H2,1H3,(H,23,25). The van der Waals surface area contributed by atoms with Crippen LogP contribution in [0.4, 0.5) is 4.39 Å². The number of nitrogens with one attached hydrogen (secondary N) is 1. The molecule has 156 valence electrons. The van der Waals surface area contributed by atoms with Crippen molar-refractivity contribution in [1.82, 2.24) is 9.62 Å². The summed E-state index contributed by atoms with van der Waals surface area (Å²) in [7, 11) is -3.57. The molecule has 1 fully saturated rings. The highest BCUT2D eigenvalue weighted by Crippen LogP contribution is 2.23. The largest absolute Gasteiger partial charge is 0.494 e. The molecule has 2 aromatic rings. The number of halogens is 1. The van der Waals surface area contributed by atoms with Crippen molar-refractivity contribution < 1.29 is 22.3 Å². The van der Waals surface area contributed by atoms with E-state index in [4.69, 9.17) is 4.74 Å². The lowest BCUT2D eigenvalue weighted by molar-refractivity contribution is -0.121. The number of amides is 1. The number of carbonyl (C=O) groups is 1. The number of benzene rings is 2. The van der Waals surface area contributed by atoms with Gasteiger partial charge < -0.3 is 10.1 Å². The van der Waals surface area contributed by atoms with Gasteiger partial charge in [0.25, 0.3) is 0 Å². The first-order valence-corrected chi connectivity index (χ1v) is 11.1. The Labute approximate surface area is 170 Å². The van der Waals surface area contributed by atoms with E-state index in [-0.39, 0.29) is 29.1 Å². The SMILES string of the molecule is CCOc1ccc(S(=O)(=O)N2CCC(NC(=O)Cc3ccc(F)cc3)CC2)cc1. The first kappa shape index (κ1) is 21.3. The predicted octanol–water partition coefficient (Wildman–Crippen LogP) is 2.74. The van der Waals surface area contributed by atoms with Crippen LogP contribution in [-0.4, -0.2) is 44.4 Å². The average molecular weight is 421 g/mol. The minimum absolute atomic E-state index is 0.0743. The Bertz CT molecular complexity index is 922. The van der Waals surface area contributed by atoms with Crippen LogP contribution in [0.2, 0.25) is 0 Å². The van der Waals surface area contributed by atoms with Crippen LogP contribution in [0.3, 0.4) is 0 Å². The molecule has 1 aliphatic rings. The second-order valence-electron chi connectivity index (χ2n) is 6.95. The van der Waals surface area contributed by atoms with E-state index in [1.807, 2.05) is 6.92 Å². The summed E-state index contributed by atoms with van der Waals surface area (Å²) >= 11 is 0. The van der Waals surface area contributed by atoms with Gasteiger partial charge in [-0.15, -0.1) is 0 Å². The normalized spacial score (nSPS) is 15.8. The summed E-state index contributed by atoms with van der Waals surface area (Å²) in [6, 6.07) is 12.2. The number of hydrogen-bond donors (Lipinski definition) is 1. The molecule has 0 aromatic heterocycles. The van der Waals surface area contributed by atoms with E-state index in [9.17, 15) is 17.6 Å². The second kappa shape index (κ2) is 9.37. The van der Waals surface area contributed by atoms with Gasteiger partial charge in [0.1, 0.15) is 11.6 Å². The molecule has 1 aliphatic heterocycles. The number of sulfonamides is 1. The molecular weight excluding hydrogens is 395 g/mol. The molecule has 0 radical (unpaired) electrons. The number of hydrogen-bond acceptors (Lipinski definition) is 4. The van der Waals surface area contributed by atoms with Crippen molar-refractivity contribution >= 4 is 15.9 Å². The van der Waals surface area contributed by atoms with Crippen LogP contribution in [0.1, 0.15) is 25.3 Å². The Balaban J connectivity index is 1.52. The highest BCUT2D eigenvalue weighted by Gasteiger charge is 2.30. The number of ether oxygens (including phenoxy) is 1. The van der Waals surface area contributed by atoms with Crippen molar-refractivity contribution in [2.24, 2.45) is 0 Å². The number of carbonyl (C=O) groups excluding carboxylic acids is 1. The minimum atomic E-state index is -3.57. The van der Waals surface area contributed by atoms with Crippen LogP contribution in [-0.2, 0) is 21.2 Å². The zero-order valence-electron chi connectivity index (χ0n) is 16.3. The van der Waals surface area contributed by atoms with E-state index in [0.717, 1.165) is 5.56 Å². The van der Waals surface area contributed by atoms with E-state index in [2.05, 4.69) is 5.32 Å². The second-order valence-corrected chi connectivity index (χ2v) is 8.89. The third kappa shape index (κ3) is 5.55. The molecule has 0 unspecified atom stereocenters. The summed E-state index contributed by atoms with van der Waals surface area (Å²) in [6.07, 6.45) is 1.27. The summed E-state index contributed by atoms with van der Waals surface area (Å²) in [5.74, 6) is 0.147. The Morgan fingerprint density at radius 1 is 1.10 bits per heavy atom. The fourth-order valence-electron chi connectivity index (χ4n) is 3.33. The van der Waals surface area contributed by atoms with Crippen molar-refractivity contribution in [2.45, 2.75) is 37.1 Å². The molecule has 8 heteroatoms. The summed E-state index contributed by atoms with van der Waals surface area (Å²) < 4.78 is 45.4. The van der Waals surface area contributed by atoms with E-state index in [0.29, 0.717) is 38.3 Å². The third-order valence-electron chi connectivity index (χ3n) is 4.87. The van der Waals surface area contributed by atoms with Crippen molar-refractivity contribution in [2.75, 3.05) is 19.7 Å². The minimum Gasteiger partial charge on any atom is -0.494 e. The Morgan fingerprint density at radius 3 is 2.31 bits per heavy atom. The van der Waals surface area contributed by atoms with Gasteiger partial charge in [0.2, 0.25) is 15.9 Å². The maximum atomic E-state index is 12.9. The molecule has 3 rings (SSSR count). The van der Waals surface area contributed by atoms with E-state index < -0.39 is 10.0 Å². The van der Waals surface area contributed by atoms with Gasteiger partial charge in [-0.25, -0.2) is 12.8 Å². The number of piperidine rings is 1. The first-order chi connectivity index (χ1) is 13.9. The fraction of sp³-hybridized carbons (Fsp3) is 0.381. The topological polar surface area (TPSA) is 75.7 Å². The van der Waals surface area contributed by atoms with Crippen molar-refractivity contribution in [3.8, 4) is 5.75 Å². The van der Waals surface area contributed by atoms with Crippen molar-refractivity contribution in [3.05, 3.63) is 59.9 Å². The molecule has 1 amide bonds. The van der Waals surface area contributed by atoms with Gasteiger partial charge in [-0.2, -0.15) is 4.31 Å². The number of rotatable bonds is 7. The van der Waals surface area contributed by atoms with Gasteiger partial charge in [0, 0.05) is 19.1 Å². The lowest BCUT2D eigenvalue weighted by Crippen LogP contribution is -2.46. The van der Waals surface area contributed by atoms with E-state index >= 15 is 0 Å². The highest BCUT2D eigenvalue weighted by atomic mass is 32.2. The van der Waals surface area contributed by atoms with Gasteiger partial charge >= 0.3 is 0 Å². The molecule has 2 aromatic carbocycles. The first-order valence-electron chi connectivity index (χ1n) is 9.65. The maximum absolute atomic E-state index is 12.9. The van der Waals surface area contributed by atoms with Gasteiger partial charge in [-0.05, 0) is 61.7 Å². The molecule has 29 heavy (non-hydrogen) atoms. The molecule has 1 saturated heterocycles. The summed E-state index contributed by atoms with van der Waals surface area (Å²) in [6.45, 7) is 3.08. The Hall–Kier alpha value is -2.45. The molecule has 0 saturated carbocycles. The smallest absolute Gasteiger partial charge is 0.243 e. The number of nitrogens with zero attached hydrogens (tertiary/aromatic N) is 1.